The number of aliphatic hydroxyl groups excluding tert-OH is 1. The average molecular weight is 1710 g/mol. The van der Waals surface area contributed by atoms with E-state index in [9.17, 15) is 171 Å². The number of hydrogen-bond acceptors (Lipinski definition) is 46. The maximum absolute atomic E-state index is 12.9. The Kier molecular flexibility index (Phi) is 28.8. The lowest BCUT2D eigenvalue weighted by atomic mass is 9.95. The van der Waals surface area contributed by atoms with Crippen molar-refractivity contribution in [1.82, 2.24) is 0 Å². The molecular weight excluding hydrogens is 1660 g/mol. The zero-order valence-corrected chi connectivity index (χ0v) is 55.5. The van der Waals surface area contributed by atoms with Crippen molar-refractivity contribution in [3.8, 4) is 0 Å². The maximum atomic E-state index is 12.9. The zero-order chi connectivity index (χ0) is 75.0. The topological polar surface area (TPSA) is 915 Å². The Bertz CT molecular complexity index is 4250. The predicted octanol–water partition coefficient (Wildman–Crippen LogP) is -11.7. The second kappa shape index (κ2) is 31.9. The fraction of sp³-hybridized carbons (Fsp3) is 1.00. The van der Waals surface area contributed by atoms with E-state index in [0.29, 0.717) is 0 Å². The van der Waals surface area contributed by atoms with Crippen LogP contribution < -0.4 is 0 Å². The first kappa shape index (κ1) is 87.6. The summed E-state index contributed by atoms with van der Waals surface area (Å²) in [6, 6.07) is 0. The third-order valence-electron chi connectivity index (χ3n) is 10.9. The fourth-order valence-electron chi connectivity index (χ4n) is 8.20. The first-order valence-electron chi connectivity index (χ1n) is 22.8. The summed E-state index contributed by atoms with van der Waals surface area (Å²) in [5.41, 5.74) is 0. The van der Waals surface area contributed by atoms with Gasteiger partial charge in [0.15, 0.2) is 43.5 Å². The summed E-state index contributed by atoms with van der Waals surface area (Å²) in [7, 11) is -83.4. The van der Waals surface area contributed by atoms with Crippen molar-refractivity contribution in [2.45, 2.75) is 123 Å². The van der Waals surface area contributed by atoms with Crippen LogP contribution in [-0.4, -0.2) is 320 Å². The van der Waals surface area contributed by atoms with Crippen molar-refractivity contribution in [2.24, 2.45) is 0 Å². The molecule has 4 saturated heterocycles. The van der Waals surface area contributed by atoms with Gasteiger partial charge >= 0.3 is 133 Å². The Labute approximate surface area is 541 Å². The van der Waals surface area contributed by atoms with E-state index in [-0.39, 0.29) is 0 Å². The molecule has 576 valence electrons. The van der Waals surface area contributed by atoms with Crippen LogP contribution in [0.1, 0.15) is 0 Å². The van der Waals surface area contributed by atoms with Gasteiger partial charge < -0.3 is 48.1 Å². The molecule has 0 aromatic rings. The lowest BCUT2D eigenvalue weighted by Gasteiger charge is -2.50. The Morgan fingerprint density at radius 2 is 0.454 bits per heavy atom. The molecule has 73 heteroatoms. The smallest absolute Gasteiger partial charge is 0.366 e. The van der Waals surface area contributed by atoms with Gasteiger partial charge in [0.25, 0.3) is 0 Å². The molecule has 0 aromatic heterocycles. The molecule has 0 radical (unpaired) electrons. The fourth-order valence-corrected chi connectivity index (χ4v) is 14.0. The summed E-state index contributed by atoms with van der Waals surface area (Å²) in [6.45, 7) is -8.85. The minimum atomic E-state index is -6.84. The SMILES string of the molecule is O=P(O)(O)OC[C@H]1O[C@H](O[C@@H]2[C@H](OS(=O)(=O)O)[C@@H](O[C@@H]3[C@H](OS(=O)(=O)O)[C@@H](O[C@H]4[C@@H](OS(=O)(=O)O)[C@H](OS(=O)(=O)O)[C@@H](COS(=O)(=O)O)O[C@@H]4O)O[C@H](COS(=O)(=O)O)[C@H]3OS(=O)(=O)O)O[C@H](COS(=O)(=O)O)[C@H]2OS(=O)(=O)O)[C@@H](OS(=O)(=O)O)[C@@H](OS(=O)(=O)O)[C@@H]1OS(=O)(=O)O. The van der Waals surface area contributed by atoms with Crippen LogP contribution in [0.5, 0.6) is 0 Å². The van der Waals surface area contributed by atoms with Crippen LogP contribution in [0, 0.1) is 0 Å². The largest absolute Gasteiger partial charge is 0.469 e. The van der Waals surface area contributed by atoms with Gasteiger partial charge in [-0.3, -0.25) is 59.2 Å². The van der Waals surface area contributed by atoms with Gasteiger partial charge in [-0.15, -0.1) is 0 Å². The lowest BCUT2D eigenvalue weighted by Crippen LogP contribution is -2.70. The molecule has 0 aliphatic carbocycles. The number of phosphoric ester groups is 1. The highest BCUT2D eigenvalue weighted by molar-refractivity contribution is 7.83. The molecule has 4 aliphatic rings. The van der Waals surface area contributed by atoms with Crippen LogP contribution in [0.15, 0.2) is 0 Å². The molecule has 60 nitrogen and oxygen atoms in total. The number of phosphoric acid groups is 1. The highest BCUT2D eigenvalue weighted by Crippen LogP contribution is 2.43. The van der Waals surface area contributed by atoms with E-state index < -0.39 is 282 Å². The van der Waals surface area contributed by atoms with Crippen molar-refractivity contribution >= 4 is 133 Å². The number of ether oxygens (including phenoxy) is 7. The second-order valence-corrected chi connectivity index (χ2v) is 31.8. The van der Waals surface area contributed by atoms with Gasteiger partial charge in [-0.05, 0) is 0 Å². The third-order valence-corrected chi connectivity index (χ3v) is 16.9. The lowest BCUT2D eigenvalue weighted by molar-refractivity contribution is -0.382. The Balaban J connectivity index is 2.24. The molecule has 0 spiro atoms. The van der Waals surface area contributed by atoms with E-state index in [0.717, 1.165) is 0 Å². The van der Waals surface area contributed by atoms with Gasteiger partial charge in [-0.25, -0.2) is 54.8 Å². The number of rotatable bonds is 36. The molecule has 0 saturated carbocycles. The quantitative estimate of drug-likeness (QED) is 0.0205. The average Bonchev–Trinajstić information content (AvgIpc) is 0.760. The van der Waals surface area contributed by atoms with Gasteiger partial charge in [0.05, 0.1) is 26.4 Å². The first-order chi connectivity index (χ1) is 43.0. The number of aliphatic hydroxyl groups is 1. The highest BCUT2D eigenvalue weighted by Gasteiger charge is 2.63. The van der Waals surface area contributed by atoms with Crippen molar-refractivity contribution in [2.75, 3.05) is 26.4 Å². The van der Waals surface area contributed by atoms with Gasteiger partial charge in [-0.2, -0.15) is 101 Å². The third kappa shape index (κ3) is 31.6. The minimum Gasteiger partial charge on any atom is -0.366 e. The van der Waals surface area contributed by atoms with E-state index >= 15 is 0 Å². The Morgan fingerprint density at radius 1 is 0.258 bits per heavy atom. The van der Waals surface area contributed by atoms with Gasteiger partial charge in [-0.1, -0.05) is 0 Å². The highest BCUT2D eigenvalue weighted by atomic mass is 32.3. The molecular formula is C24H43O60PS12. The van der Waals surface area contributed by atoms with Crippen LogP contribution in [0.4, 0.5) is 0 Å². The van der Waals surface area contributed by atoms with E-state index in [4.69, 9.17) is 37.7 Å². The van der Waals surface area contributed by atoms with Crippen molar-refractivity contribution in [3.63, 3.8) is 0 Å². The van der Waals surface area contributed by atoms with Crippen molar-refractivity contribution < 1.29 is 263 Å². The van der Waals surface area contributed by atoms with E-state index in [1.54, 1.807) is 0 Å². The standard InChI is InChI=1S/C24H43O60PS12/c25-21-17(15(80-93(50,51)52)12(79-92(47,48)49)6(69-21)2-66-86(29,30)31)75-23-19(83-96(59,60)61)14(10(77-90(41,42)43)8(72-23)4-68-88(35,36)37)73-22-18(82-95(56,57)58)13(9(76-89(38,39)40)7(71-22)3-67-87(32,33)34)74-24-20(84-97(62,63)64)16(81-94(53,54)55)11(78-91(44,45)46)5(70-24)1-65-85(26,27)28/h5-25H,1-4H2,(H2,26,27,28)(H,29,30,31)(H,32,33,34)(H,35,36,37)(H,38,39,40)(H,41,42,43)(H,44,45,46)(H,47,48,49)(H,50,51,52)(H,53,54,55)(H,56,57,58)(H,59,60,61)(H,62,63,64)/t5-,6-,7-,8-,9-,10-,11-,12-,13+,14+,15+,16+,17+,18+,19+,20+,21+,22-,23-,24-/m1/s1. The van der Waals surface area contributed by atoms with Crippen molar-refractivity contribution in [3.05, 3.63) is 0 Å². The molecule has 0 unspecified atom stereocenters. The normalized spacial score (nSPS) is 33.1. The van der Waals surface area contributed by atoms with E-state index in [1.807, 2.05) is 0 Å². The van der Waals surface area contributed by atoms with Gasteiger partial charge in [0, 0.05) is 0 Å². The molecule has 97 heavy (non-hydrogen) atoms. The van der Waals surface area contributed by atoms with Crippen LogP contribution in [0.25, 0.3) is 0 Å². The van der Waals surface area contributed by atoms with Crippen LogP contribution in [0.3, 0.4) is 0 Å². The van der Waals surface area contributed by atoms with Gasteiger partial charge in [0.1, 0.15) is 79.4 Å². The first-order valence-corrected chi connectivity index (χ1v) is 40.7. The Morgan fingerprint density at radius 3 is 0.701 bits per heavy atom. The van der Waals surface area contributed by atoms with Crippen LogP contribution in [0.2, 0.25) is 0 Å². The molecule has 15 N–H and O–H groups in total. The second-order valence-electron chi connectivity index (χ2n) is 17.8. The maximum Gasteiger partial charge on any atom is 0.469 e. The predicted molar refractivity (Wildman–Crippen MR) is 270 cm³/mol. The molecule has 4 rings (SSSR count). The zero-order valence-electron chi connectivity index (χ0n) is 44.8. The summed E-state index contributed by atoms with van der Waals surface area (Å²) in [6.07, 6.45) is -72.5. The summed E-state index contributed by atoms with van der Waals surface area (Å²) in [5, 5.41) is 11.2. The molecule has 0 aromatic carbocycles. The van der Waals surface area contributed by atoms with E-state index in [2.05, 4.69) is 54.7 Å². The van der Waals surface area contributed by atoms with Crippen LogP contribution in [-0.2, 0) is 217 Å². The molecule has 0 bridgehead atoms. The molecule has 4 aliphatic heterocycles. The summed E-state index contributed by atoms with van der Waals surface area (Å²) in [4.78, 5) is 18.9. The summed E-state index contributed by atoms with van der Waals surface area (Å²) < 4.78 is 514. The minimum absolute atomic E-state index is 1.97. The molecule has 20 atom stereocenters. The number of hydrogen-bond donors (Lipinski definition) is 15. The van der Waals surface area contributed by atoms with E-state index in [1.165, 1.54) is 0 Å². The summed E-state index contributed by atoms with van der Waals surface area (Å²) in [5.74, 6) is 0. The van der Waals surface area contributed by atoms with Gasteiger partial charge in [0.2, 0.25) is 0 Å². The molecule has 4 fully saturated rings. The molecule has 4 heterocycles. The Hall–Kier alpha value is -1.77. The summed E-state index contributed by atoms with van der Waals surface area (Å²) >= 11 is 0. The molecule has 0 amide bonds. The van der Waals surface area contributed by atoms with Crippen LogP contribution >= 0.6 is 7.82 Å². The monoisotopic (exact) mass is 1710 g/mol. The van der Waals surface area contributed by atoms with Crippen molar-refractivity contribution in [1.29, 1.82) is 0 Å².